The van der Waals surface area contributed by atoms with Crippen molar-refractivity contribution in [1.82, 2.24) is 4.90 Å². The highest BCUT2D eigenvalue weighted by Crippen LogP contribution is 2.31. The van der Waals surface area contributed by atoms with Crippen molar-refractivity contribution in [3.05, 3.63) is 30.3 Å². The number of nitrogens with zero attached hydrogens (tertiary/aromatic N) is 1. The summed E-state index contributed by atoms with van der Waals surface area (Å²) in [6.45, 7) is 2.68. The van der Waals surface area contributed by atoms with Crippen LogP contribution in [0.25, 0.3) is 0 Å². The van der Waals surface area contributed by atoms with Gasteiger partial charge in [-0.25, -0.2) is 0 Å². The number of benzene rings is 1. The first-order valence-electron chi connectivity index (χ1n) is 8.46. The summed E-state index contributed by atoms with van der Waals surface area (Å²) in [5.74, 6) is 0.418. The van der Waals surface area contributed by atoms with Crippen LogP contribution >= 0.6 is 0 Å². The highest BCUT2D eigenvalue weighted by molar-refractivity contribution is 5.92. The summed E-state index contributed by atoms with van der Waals surface area (Å²) >= 11 is 0. The van der Waals surface area contributed by atoms with Gasteiger partial charge in [-0.3, -0.25) is 9.59 Å². The summed E-state index contributed by atoms with van der Waals surface area (Å²) in [6.07, 6.45) is 3.20. The van der Waals surface area contributed by atoms with Crippen LogP contribution in [-0.2, 0) is 14.3 Å². The summed E-state index contributed by atoms with van der Waals surface area (Å²) < 4.78 is 5.30. The highest BCUT2D eigenvalue weighted by Gasteiger charge is 2.32. The Morgan fingerprint density at radius 3 is 2.22 bits per heavy atom. The maximum absolute atomic E-state index is 12.5. The number of rotatable bonds is 3. The number of carbonyl (C=O) groups excluding carboxylic acids is 2. The molecule has 1 N–H and O–H groups in total. The number of anilines is 1. The molecule has 0 atom stereocenters. The first-order valence-corrected chi connectivity index (χ1v) is 8.46. The second-order valence-electron chi connectivity index (χ2n) is 6.34. The maximum atomic E-state index is 12.5. The summed E-state index contributed by atoms with van der Waals surface area (Å²) in [7, 11) is 0. The molecule has 1 saturated carbocycles. The van der Waals surface area contributed by atoms with E-state index in [4.69, 9.17) is 4.74 Å². The Balaban J connectivity index is 1.48. The number of hydrogen-bond donors (Lipinski definition) is 1. The lowest BCUT2D eigenvalue weighted by molar-refractivity contribution is -0.141. The summed E-state index contributed by atoms with van der Waals surface area (Å²) in [6, 6.07) is 9.54. The molecule has 5 heteroatoms. The van der Waals surface area contributed by atoms with Gasteiger partial charge in [0.25, 0.3) is 0 Å². The quantitative estimate of drug-likeness (QED) is 0.931. The van der Waals surface area contributed by atoms with Crippen LogP contribution in [0.15, 0.2) is 30.3 Å². The van der Waals surface area contributed by atoms with Crippen molar-refractivity contribution in [2.45, 2.75) is 25.7 Å². The Hall–Kier alpha value is -1.88. The molecule has 5 nitrogen and oxygen atoms in total. The lowest BCUT2D eigenvalue weighted by atomic mass is 9.81. The van der Waals surface area contributed by atoms with E-state index in [9.17, 15) is 9.59 Å². The number of carbonyl (C=O) groups is 2. The Morgan fingerprint density at radius 2 is 1.57 bits per heavy atom. The maximum Gasteiger partial charge on any atom is 0.227 e. The van der Waals surface area contributed by atoms with E-state index in [0.717, 1.165) is 31.4 Å². The molecule has 124 valence electrons. The molecule has 0 radical (unpaired) electrons. The van der Waals surface area contributed by atoms with Gasteiger partial charge >= 0.3 is 0 Å². The Kier molecular flexibility index (Phi) is 5.28. The summed E-state index contributed by atoms with van der Waals surface area (Å²) in [5, 5.41) is 2.97. The minimum atomic E-state index is 0.0175. The van der Waals surface area contributed by atoms with Crippen LogP contribution in [0.4, 0.5) is 5.69 Å². The van der Waals surface area contributed by atoms with E-state index in [1.165, 1.54) is 0 Å². The zero-order valence-electron chi connectivity index (χ0n) is 13.4. The third-order valence-electron chi connectivity index (χ3n) is 4.81. The number of morpholine rings is 1. The zero-order valence-corrected chi connectivity index (χ0v) is 13.4. The van der Waals surface area contributed by atoms with Gasteiger partial charge in [0.1, 0.15) is 0 Å². The standard InChI is InChI=1S/C18H24N2O3/c21-17(19-16-4-2-1-3-5-16)14-6-8-15(9-7-14)18(22)20-10-12-23-13-11-20/h1-5,14-15H,6-13H2,(H,19,21). The molecular weight excluding hydrogens is 292 g/mol. The molecule has 23 heavy (non-hydrogen) atoms. The average molecular weight is 316 g/mol. The van der Waals surface area contributed by atoms with Gasteiger partial charge in [-0.2, -0.15) is 0 Å². The fourth-order valence-electron chi connectivity index (χ4n) is 3.41. The molecular formula is C18H24N2O3. The molecule has 1 saturated heterocycles. The molecule has 2 fully saturated rings. The van der Waals surface area contributed by atoms with Gasteiger partial charge in [-0.15, -0.1) is 0 Å². The Morgan fingerprint density at radius 1 is 0.957 bits per heavy atom. The van der Waals surface area contributed by atoms with Gasteiger partial charge in [0.15, 0.2) is 0 Å². The van der Waals surface area contributed by atoms with Crippen LogP contribution < -0.4 is 5.32 Å². The molecule has 1 heterocycles. The highest BCUT2D eigenvalue weighted by atomic mass is 16.5. The van der Waals surface area contributed by atoms with E-state index in [2.05, 4.69) is 5.32 Å². The van der Waals surface area contributed by atoms with Crippen molar-refractivity contribution in [2.75, 3.05) is 31.6 Å². The third-order valence-corrected chi connectivity index (χ3v) is 4.81. The second kappa shape index (κ2) is 7.59. The molecule has 0 spiro atoms. The van der Waals surface area contributed by atoms with Gasteiger partial charge in [-0.05, 0) is 37.8 Å². The molecule has 1 aliphatic carbocycles. The first-order chi connectivity index (χ1) is 11.2. The number of para-hydroxylation sites is 1. The normalized spacial score (nSPS) is 25.0. The van der Waals surface area contributed by atoms with Crippen LogP contribution in [0.1, 0.15) is 25.7 Å². The zero-order chi connectivity index (χ0) is 16.1. The van der Waals surface area contributed by atoms with Crippen molar-refractivity contribution in [1.29, 1.82) is 0 Å². The van der Waals surface area contributed by atoms with Gasteiger partial charge in [0, 0.05) is 30.6 Å². The molecule has 3 rings (SSSR count). The van der Waals surface area contributed by atoms with Gasteiger partial charge in [-0.1, -0.05) is 18.2 Å². The molecule has 0 unspecified atom stereocenters. The van der Waals surface area contributed by atoms with Gasteiger partial charge in [0.05, 0.1) is 13.2 Å². The second-order valence-corrected chi connectivity index (χ2v) is 6.34. The molecule has 1 aromatic carbocycles. The Bertz CT molecular complexity index is 532. The topological polar surface area (TPSA) is 58.6 Å². The lowest BCUT2D eigenvalue weighted by Gasteiger charge is -2.33. The Labute approximate surface area is 137 Å². The smallest absolute Gasteiger partial charge is 0.227 e. The van der Waals surface area contributed by atoms with E-state index in [1.54, 1.807) is 0 Å². The molecule has 0 bridgehead atoms. The van der Waals surface area contributed by atoms with Gasteiger partial charge in [0.2, 0.25) is 11.8 Å². The van der Waals surface area contributed by atoms with E-state index >= 15 is 0 Å². The monoisotopic (exact) mass is 316 g/mol. The molecule has 1 aliphatic heterocycles. The average Bonchev–Trinajstić information content (AvgIpc) is 2.63. The van der Waals surface area contributed by atoms with Crippen molar-refractivity contribution in [2.24, 2.45) is 11.8 Å². The SMILES string of the molecule is O=C(Nc1ccccc1)C1CCC(C(=O)N2CCOCC2)CC1. The van der Waals surface area contributed by atoms with Gasteiger partial charge < -0.3 is 15.0 Å². The van der Waals surface area contributed by atoms with Crippen LogP contribution in [0.3, 0.4) is 0 Å². The summed E-state index contributed by atoms with van der Waals surface area (Å²) in [5.41, 5.74) is 0.837. The lowest BCUT2D eigenvalue weighted by Crippen LogP contribution is -2.44. The van der Waals surface area contributed by atoms with E-state index in [1.807, 2.05) is 35.2 Å². The minimum absolute atomic E-state index is 0.0175. The first kappa shape index (κ1) is 16.0. The fourth-order valence-corrected chi connectivity index (χ4v) is 3.41. The van der Waals surface area contributed by atoms with Crippen LogP contribution in [0, 0.1) is 11.8 Å². The van der Waals surface area contributed by atoms with Crippen LogP contribution in [-0.4, -0.2) is 43.0 Å². The minimum Gasteiger partial charge on any atom is -0.378 e. The van der Waals surface area contributed by atoms with Crippen LogP contribution in [0.5, 0.6) is 0 Å². The third kappa shape index (κ3) is 4.10. The van der Waals surface area contributed by atoms with Crippen molar-refractivity contribution >= 4 is 17.5 Å². The van der Waals surface area contributed by atoms with E-state index in [0.29, 0.717) is 26.3 Å². The fraction of sp³-hybridized carbons (Fsp3) is 0.556. The number of ether oxygens (including phenoxy) is 1. The predicted molar refractivity (Wildman–Crippen MR) is 87.9 cm³/mol. The number of nitrogens with one attached hydrogen (secondary N) is 1. The molecule has 2 amide bonds. The molecule has 1 aromatic rings. The van der Waals surface area contributed by atoms with Crippen LogP contribution in [0.2, 0.25) is 0 Å². The number of amides is 2. The van der Waals surface area contributed by atoms with E-state index < -0.39 is 0 Å². The molecule has 2 aliphatic rings. The predicted octanol–water partition coefficient (Wildman–Crippen LogP) is 2.29. The van der Waals surface area contributed by atoms with E-state index in [-0.39, 0.29) is 23.7 Å². The summed E-state index contributed by atoms with van der Waals surface area (Å²) in [4.78, 5) is 26.7. The largest absolute Gasteiger partial charge is 0.378 e. The van der Waals surface area contributed by atoms with Crippen molar-refractivity contribution in [3.8, 4) is 0 Å². The number of hydrogen-bond acceptors (Lipinski definition) is 3. The molecule has 0 aromatic heterocycles. The van der Waals surface area contributed by atoms with Crippen molar-refractivity contribution in [3.63, 3.8) is 0 Å². The van der Waals surface area contributed by atoms with Crippen molar-refractivity contribution < 1.29 is 14.3 Å².